The van der Waals surface area contributed by atoms with Crippen molar-refractivity contribution in [3.05, 3.63) is 29.6 Å². The van der Waals surface area contributed by atoms with Crippen molar-refractivity contribution >= 4 is 5.97 Å². The number of carboxylic acids is 1. The van der Waals surface area contributed by atoms with Crippen LogP contribution in [0.4, 0.5) is 4.39 Å². The fraction of sp³-hybridized carbons (Fsp3) is 0.533. The molecule has 5 nitrogen and oxygen atoms in total. The third kappa shape index (κ3) is 4.15. The molecule has 1 fully saturated rings. The van der Waals surface area contributed by atoms with Gasteiger partial charge >= 0.3 is 5.97 Å². The summed E-state index contributed by atoms with van der Waals surface area (Å²) in [5, 5.41) is 8.78. The third-order valence-corrected chi connectivity index (χ3v) is 3.50. The second-order valence-corrected chi connectivity index (χ2v) is 5.34. The highest BCUT2D eigenvalue weighted by Gasteiger charge is 2.23. The summed E-state index contributed by atoms with van der Waals surface area (Å²) in [7, 11) is 0. The molecule has 1 aromatic rings. The average molecular weight is 297 g/mol. The molecule has 1 aliphatic heterocycles. The molecule has 21 heavy (non-hydrogen) atoms. The average Bonchev–Trinajstić information content (AvgIpc) is 2.46. The standard InChI is InChI=1S/C15H20FNO4/c1-10(2)17-5-6-20-12(8-17)9-21-14-4-3-11(15(18)19)7-13(14)16/h3-4,7,10,12H,5-6,8-9H2,1-2H3,(H,18,19). The molecular weight excluding hydrogens is 277 g/mol. The zero-order chi connectivity index (χ0) is 15.4. The van der Waals surface area contributed by atoms with Gasteiger partial charge in [-0.15, -0.1) is 0 Å². The van der Waals surface area contributed by atoms with E-state index in [9.17, 15) is 9.18 Å². The molecule has 1 saturated heterocycles. The van der Waals surface area contributed by atoms with E-state index in [1.54, 1.807) is 0 Å². The summed E-state index contributed by atoms with van der Waals surface area (Å²) in [6.07, 6.45) is -0.111. The molecule has 0 aromatic heterocycles. The van der Waals surface area contributed by atoms with Gasteiger partial charge in [0, 0.05) is 19.1 Å². The highest BCUT2D eigenvalue weighted by molar-refractivity contribution is 5.87. The predicted octanol–water partition coefficient (Wildman–Crippen LogP) is 2.01. The molecule has 0 radical (unpaired) electrons. The number of morpholine rings is 1. The lowest BCUT2D eigenvalue weighted by Gasteiger charge is -2.35. The fourth-order valence-electron chi connectivity index (χ4n) is 2.25. The lowest BCUT2D eigenvalue weighted by atomic mass is 10.2. The molecule has 0 aliphatic carbocycles. The quantitative estimate of drug-likeness (QED) is 0.901. The Labute approximate surface area is 123 Å². The normalized spacial score (nSPS) is 19.7. The number of hydrogen-bond acceptors (Lipinski definition) is 4. The molecule has 1 atom stereocenters. The lowest BCUT2D eigenvalue weighted by molar-refractivity contribution is -0.0568. The first-order valence-electron chi connectivity index (χ1n) is 6.98. The minimum Gasteiger partial charge on any atom is -0.488 e. The number of ether oxygens (including phenoxy) is 2. The lowest BCUT2D eigenvalue weighted by Crippen LogP contribution is -2.47. The van der Waals surface area contributed by atoms with E-state index in [-0.39, 0.29) is 24.0 Å². The maximum Gasteiger partial charge on any atom is 0.335 e. The molecule has 0 amide bonds. The molecule has 0 saturated carbocycles. The molecule has 1 unspecified atom stereocenters. The Hall–Kier alpha value is -1.66. The maximum absolute atomic E-state index is 13.7. The van der Waals surface area contributed by atoms with Crippen LogP contribution in [0.3, 0.4) is 0 Å². The van der Waals surface area contributed by atoms with Gasteiger partial charge in [-0.3, -0.25) is 4.90 Å². The molecule has 1 aliphatic rings. The van der Waals surface area contributed by atoms with E-state index in [0.717, 1.165) is 19.2 Å². The summed E-state index contributed by atoms with van der Waals surface area (Å²) in [5.74, 6) is -1.79. The van der Waals surface area contributed by atoms with Gasteiger partial charge < -0.3 is 14.6 Å². The predicted molar refractivity (Wildman–Crippen MR) is 75.3 cm³/mol. The van der Waals surface area contributed by atoms with E-state index in [1.807, 2.05) is 0 Å². The van der Waals surface area contributed by atoms with Crippen LogP contribution in [0.15, 0.2) is 18.2 Å². The number of benzene rings is 1. The van der Waals surface area contributed by atoms with Gasteiger partial charge in [0.25, 0.3) is 0 Å². The van der Waals surface area contributed by atoms with Gasteiger partial charge in [0.15, 0.2) is 11.6 Å². The highest BCUT2D eigenvalue weighted by atomic mass is 19.1. The Morgan fingerprint density at radius 2 is 2.33 bits per heavy atom. The summed E-state index contributed by atoms with van der Waals surface area (Å²) in [4.78, 5) is 13.0. The van der Waals surface area contributed by atoms with Crippen molar-refractivity contribution in [1.82, 2.24) is 4.90 Å². The maximum atomic E-state index is 13.7. The molecule has 0 bridgehead atoms. The number of carboxylic acid groups (broad SMARTS) is 1. The number of rotatable bonds is 5. The first kappa shape index (κ1) is 15.7. The number of hydrogen-bond donors (Lipinski definition) is 1. The van der Waals surface area contributed by atoms with Crippen molar-refractivity contribution in [2.45, 2.75) is 26.0 Å². The van der Waals surface area contributed by atoms with Crippen LogP contribution < -0.4 is 4.74 Å². The van der Waals surface area contributed by atoms with Gasteiger partial charge in [0.2, 0.25) is 0 Å². The number of aromatic carboxylic acids is 1. The minimum atomic E-state index is -1.16. The molecule has 1 N–H and O–H groups in total. The van der Waals surface area contributed by atoms with Gasteiger partial charge in [0.05, 0.1) is 12.2 Å². The van der Waals surface area contributed by atoms with Crippen molar-refractivity contribution in [1.29, 1.82) is 0 Å². The van der Waals surface area contributed by atoms with Crippen molar-refractivity contribution in [3.63, 3.8) is 0 Å². The van der Waals surface area contributed by atoms with Crippen LogP contribution in [0.1, 0.15) is 24.2 Å². The number of halogens is 1. The van der Waals surface area contributed by atoms with Crippen molar-refractivity contribution in [2.24, 2.45) is 0 Å². The summed E-state index contributed by atoms with van der Waals surface area (Å²) in [5.41, 5.74) is -0.0975. The van der Waals surface area contributed by atoms with E-state index in [0.29, 0.717) is 12.6 Å². The van der Waals surface area contributed by atoms with E-state index < -0.39 is 11.8 Å². The molecule has 0 spiro atoms. The molecule has 1 aromatic carbocycles. The fourth-order valence-corrected chi connectivity index (χ4v) is 2.25. The SMILES string of the molecule is CC(C)N1CCOC(COc2ccc(C(=O)O)cc2F)C1. The van der Waals surface area contributed by atoms with Crippen LogP contribution in [-0.2, 0) is 4.74 Å². The van der Waals surface area contributed by atoms with Crippen LogP contribution in [-0.4, -0.2) is 54.4 Å². The van der Waals surface area contributed by atoms with E-state index >= 15 is 0 Å². The van der Waals surface area contributed by atoms with Crippen molar-refractivity contribution < 1.29 is 23.8 Å². The Kier molecular flexibility index (Phi) is 5.14. The van der Waals surface area contributed by atoms with Crippen LogP contribution >= 0.6 is 0 Å². The Morgan fingerprint density at radius 3 is 2.95 bits per heavy atom. The van der Waals surface area contributed by atoms with Gasteiger partial charge in [0.1, 0.15) is 12.7 Å². The van der Waals surface area contributed by atoms with Gasteiger partial charge in [-0.1, -0.05) is 0 Å². The number of nitrogens with zero attached hydrogens (tertiary/aromatic N) is 1. The zero-order valence-electron chi connectivity index (χ0n) is 12.2. The zero-order valence-corrected chi connectivity index (χ0v) is 12.2. The van der Waals surface area contributed by atoms with Gasteiger partial charge in [-0.25, -0.2) is 9.18 Å². The van der Waals surface area contributed by atoms with Gasteiger partial charge in [-0.2, -0.15) is 0 Å². The highest BCUT2D eigenvalue weighted by Crippen LogP contribution is 2.19. The van der Waals surface area contributed by atoms with E-state index in [1.165, 1.54) is 12.1 Å². The summed E-state index contributed by atoms with van der Waals surface area (Å²) in [6.45, 7) is 6.74. The van der Waals surface area contributed by atoms with E-state index in [2.05, 4.69) is 18.7 Å². The number of carbonyl (C=O) groups is 1. The molecule has 116 valence electrons. The molecular formula is C15H20FNO4. The van der Waals surface area contributed by atoms with Crippen LogP contribution in [0.5, 0.6) is 5.75 Å². The largest absolute Gasteiger partial charge is 0.488 e. The second-order valence-electron chi connectivity index (χ2n) is 5.34. The topological polar surface area (TPSA) is 59.0 Å². The smallest absolute Gasteiger partial charge is 0.335 e. The summed E-state index contributed by atoms with van der Waals surface area (Å²) in [6, 6.07) is 4.05. The van der Waals surface area contributed by atoms with E-state index in [4.69, 9.17) is 14.6 Å². The van der Waals surface area contributed by atoms with Crippen molar-refractivity contribution in [3.8, 4) is 5.75 Å². The summed E-state index contributed by atoms with van der Waals surface area (Å²) < 4.78 is 24.7. The van der Waals surface area contributed by atoms with Crippen LogP contribution in [0, 0.1) is 5.82 Å². The first-order valence-corrected chi connectivity index (χ1v) is 6.98. The third-order valence-electron chi connectivity index (χ3n) is 3.50. The Bertz CT molecular complexity index is 506. The first-order chi connectivity index (χ1) is 9.97. The monoisotopic (exact) mass is 297 g/mol. The Balaban J connectivity index is 1.92. The van der Waals surface area contributed by atoms with Crippen LogP contribution in [0.2, 0.25) is 0 Å². The second kappa shape index (κ2) is 6.87. The van der Waals surface area contributed by atoms with Crippen molar-refractivity contribution in [2.75, 3.05) is 26.3 Å². The van der Waals surface area contributed by atoms with Crippen LogP contribution in [0.25, 0.3) is 0 Å². The minimum absolute atomic E-state index is 0.0465. The van der Waals surface area contributed by atoms with Gasteiger partial charge in [-0.05, 0) is 32.0 Å². The Morgan fingerprint density at radius 1 is 1.57 bits per heavy atom. The molecule has 6 heteroatoms. The molecule has 2 rings (SSSR count). The summed E-state index contributed by atoms with van der Waals surface area (Å²) >= 11 is 0. The molecule has 1 heterocycles.